The molecular weight excluding hydrogens is 811 g/mol. The number of nitrogens with zero attached hydrogens (tertiary/aromatic N) is 3. The Bertz CT molecular complexity index is 3940. The summed E-state index contributed by atoms with van der Waals surface area (Å²) in [6.07, 6.45) is 7.19. The number of fused-ring (bicyclic) bond motifs is 11. The van der Waals surface area contributed by atoms with Gasteiger partial charge in [-0.2, -0.15) is 0 Å². The molecule has 0 spiro atoms. The van der Waals surface area contributed by atoms with E-state index in [0.717, 1.165) is 44.8 Å². The number of allylic oxidation sites excluding steroid dienone is 2. The van der Waals surface area contributed by atoms with Gasteiger partial charge in [0, 0.05) is 49.6 Å². The van der Waals surface area contributed by atoms with E-state index in [1.165, 1.54) is 82.2 Å². The van der Waals surface area contributed by atoms with Crippen molar-refractivity contribution < 1.29 is 0 Å². The first-order chi connectivity index (χ1) is 33.1. The molecule has 0 saturated heterocycles. The Hall–Kier alpha value is -8.66. The minimum atomic E-state index is 1.04. The molecule has 12 aromatic rings. The third-order valence-corrected chi connectivity index (χ3v) is 13.3. The zero-order valence-electron chi connectivity index (χ0n) is 37.9. The lowest BCUT2D eigenvalue weighted by atomic mass is 9.96. The maximum Gasteiger partial charge on any atom is 0.0561 e. The molecule has 0 fully saturated rings. The normalized spacial score (nSPS) is 11.4. The molecule has 13 rings (SSSR count). The topological polar surface area (TPSA) is 14.8 Å². The van der Waals surface area contributed by atoms with Gasteiger partial charge >= 0.3 is 0 Å². The number of hydrogen-bond acceptors (Lipinski definition) is 0. The van der Waals surface area contributed by atoms with Gasteiger partial charge in [0.25, 0.3) is 0 Å². The van der Waals surface area contributed by atoms with Gasteiger partial charge in [-0.05, 0) is 123 Å². The fraction of sp³-hybridized carbons (Fsp3) is 0.0312. The van der Waals surface area contributed by atoms with Crippen LogP contribution < -0.4 is 0 Å². The number of aromatic nitrogens is 3. The highest BCUT2D eigenvalue weighted by Gasteiger charge is 2.26. The van der Waals surface area contributed by atoms with Crippen LogP contribution >= 0.6 is 0 Å². The average Bonchev–Trinajstić information content (AvgIpc) is 4.12. The van der Waals surface area contributed by atoms with Crippen molar-refractivity contribution in [3.63, 3.8) is 0 Å². The summed E-state index contributed by atoms with van der Waals surface area (Å²) in [5.74, 6) is 0. The first-order valence-corrected chi connectivity index (χ1v) is 23.1. The van der Waals surface area contributed by atoms with Crippen LogP contribution in [0.25, 0.3) is 128 Å². The Morgan fingerprint density at radius 1 is 0.328 bits per heavy atom. The molecule has 67 heavy (non-hydrogen) atoms. The Labute approximate surface area is 391 Å². The molecule has 0 aliphatic heterocycles. The average molecular weight is 860 g/mol. The highest BCUT2D eigenvalue weighted by atomic mass is 15.0. The molecule has 3 nitrogen and oxygen atoms in total. The first-order valence-electron chi connectivity index (χ1n) is 23.1. The van der Waals surface area contributed by atoms with Crippen molar-refractivity contribution >= 4 is 77.4 Å². The van der Waals surface area contributed by atoms with Crippen molar-refractivity contribution in [1.29, 1.82) is 0 Å². The zero-order chi connectivity index (χ0) is 45.8. The highest BCUT2D eigenvalue weighted by Crippen LogP contribution is 2.51. The molecule has 0 bridgehead atoms. The van der Waals surface area contributed by atoms with Crippen molar-refractivity contribution in [3.05, 3.63) is 238 Å². The summed E-state index contributed by atoms with van der Waals surface area (Å²) >= 11 is 0. The fourth-order valence-corrected chi connectivity index (χ4v) is 10.6. The molecule has 0 N–H and O–H groups in total. The Morgan fingerprint density at radius 3 is 1.54 bits per heavy atom. The van der Waals surface area contributed by atoms with Gasteiger partial charge in [0.05, 0.1) is 33.3 Å². The SMILES string of the molecule is C=CC=C.C=Cc1c(C=C)n(-c2ccccc2)c2ccc(-c3ccc4c(c3)c3c5cccc6c5c(cc3n4-c3ccc4c5ccccc5n(-c5ccccc5)c4c3)-c3ccccc3-6)cc12.CC. The monoisotopic (exact) mass is 859 g/mol. The van der Waals surface area contributed by atoms with Crippen LogP contribution in [0.4, 0.5) is 0 Å². The van der Waals surface area contributed by atoms with Crippen LogP contribution in [0, 0.1) is 0 Å². The number of para-hydroxylation sites is 3. The second-order valence-electron chi connectivity index (χ2n) is 16.6. The summed E-state index contributed by atoms with van der Waals surface area (Å²) in [7, 11) is 0. The van der Waals surface area contributed by atoms with Crippen LogP contribution in [0.2, 0.25) is 0 Å². The Kier molecular flexibility index (Phi) is 10.2. The van der Waals surface area contributed by atoms with Crippen molar-refractivity contribution in [2.45, 2.75) is 13.8 Å². The second kappa shape index (κ2) is 16.7. The smallest absolute Gasteiger partial charge is 0.0561 e. The van der Waals surface area contributed by atoms with E-state index in [1.807, 2.05) is 26.0 Å². The number of hydrogen-bond donors (Lipinski definition) is 0. The minimum Gasteiger partial charge on any atom is -0.309 e. The molecule has 320 valence electrons. The van der Waals surface area contributed by atoms with E-state index in [9.17, 15) is 0 Å². The van der Waals surface area contributed by atoms with E-state index in [4.69, 9.17) is 0 Å². The molecule has 0 radical (unpaired) electrons. The molecular formula is C64H49N3. The van der Waals surface area contributed by atoms with Crippen molar-refractivity contribution in [3.8, 4) is 50.4 Å². The third kappa shape index (κ3) is 6.27. The molecule has 3 aromatic heterocycles. The first kappa shape index (κ1) is 41.1. The lowest BCUT2D eigenvalue weighted by Gasteiger charge is -2.12. The van der Waals surface area contributed by atoms with Gasteiger partial charge < -0.3 is 13.7 Å². The largest absolute Gasteiger partial charge is 0.309 e. The standard InChI is InChI=1S/C58H37N3.C4H6.C2H6/c1-3-41-48-32-36(26-30-53(48)59(51(41)4-2)38-16-7-5-8-17-38)37-27-31-54-50(33-37)58-47-24-15-23-46-42-20-11-12-21-43(42)49(57(46)47)35-56(58)61(54)40-28-29-45-44-22-13-14-25-52(44)60(55(45)34-40)39-18-9-6-10-19-39;1-3-4-2;1-2/h3-35H,1-2H2;3-4H,1-2H2;1-2H3. The van der Waals surface area contributed by atoms with Gasteiger partial charge in [-0.15, -0.1) is 0 Å². The van der Waals surface area contributed by atoms with Crippen LogP contribution in [0.5, 0.6) is 0 Å². The molecule has 1 aliphatic rings. The Morgan fingerprint density at radius 2 is 0.866 bits per heavy atom. The van der Waals surface area contributed by atoms with E-state index >= 15 is 0 Å². The highest BCUT2D eigenvalue weighted by molar-refractivity contribution is 6.29. The van der Waals surface area contributed by atoms with Gasteiger partial charge in [-0.1, -0.05) is 174 Å². The Balaban J connectivity index is 0.000000785. The second-order valence-corrected chi connectivity index (χ2v) is 16.6. The molecule has 1 aliphatic carbocycles. The van der Waals surface area contributed by atoms with Crippen LogP contribution in [0.3, 0.4) is 0 Å². The van der Waals surface area contributed by atoms with Crippen molar-refractivity contribution in [2.75, 3.05) is 0 Å². The van der Waals surface area contributed by atoms with E-state index in [-0.39, 0.29) is 0 Å². The van der Waals surface area contributed by atoms with Crippen LogP contribution in [-0.2, 0) is 0 Å². The van der Waals surface area contributed by atoms with E-state index in [1.54, 1.807) is 12.2 Å². The molecule has 0 saturated carbocycles. The molecule has 0 atom stereocenters. The summed E-state index contributed by atoms with van der Waals surface area (Å²) in [6, 6.07) is 69.1. The number of benzene rings is 9. The molecule has 0 unspecified atom stereocenters. The van der Waals surface area contributed by atoms with Gasteiger partial charge in [-0.3, -0.25) is 0 Å². The maximum atomic E-state index is 4.26. The van der Waals surface area contributed by atoms with Gasteiger partial charge in [-0.25, -0.2) is 0 Å². The van der Waals surface area contributed by atoms with Crippen molar-refractivity contribution in [1.82, 2.24) is 13.7 Å². The summed E-state index contributed by atoms with van der Waals surface area (Å²) in [5.41, 5.74) is 18.9. The predicted molar refractivity (Wildman–Crippen MR) is 291 cm³/mol. The van der Waals surface area contributed by atoms with Crippen LogP contribution in [0.1, 0.15) is 25.1 Å². The van der Waals surface area contributed by atoms with Crippen LogP contribution in [-0.4, -0.2) is 13.7 Å². The van der Waals surface area contributed by atoms with Gasteiger partial charge in [0.2, 0.25) is 0 Å². The van der Waals surface area contributed by atoms with E-state index in [0.29, 0.717) is 0 Å². The van der Waals surface area contributed by atoms with Crippen molar-refractivity contribution in [2.24, 2.45) is 0 Å². The maximum absolute atomic E-state index is 4.26. The quantitative estimate of drug-likeness (QED) is 0.142. The lowest BCUT2D eigenvalue weighted by molar-refractivity contribution is 1.11. The van der Waals surface area contributed by atoms with Gasteiger partial charge in [0.1, 0.15) is 0 Å². The molecule has 9 aromatic carbocycles. The van der Waals surface area contributed by atoms with E-state index < -0.39 is 0 Å². The lowest BCUT2D eigenvalue weighted by Crippen LogP contribution is -1.97. The fourth-order valence-electron chi connectivity index (χ4n) is 10.6. The van der Waals surface area contributed by atoms with Crippen LogP contribution in [0.15, 0.2) is 227 Å². The zero-order valence-corrected chi connectivity index (χ0v) is 37.9. The van der Waals surface area contributed by atoms with Gasteiger partial charge in [0.15, 0.2) is 0 Å². The molecule has 3 heterocycles. The predicted octanol–water partition coefficient (Wildman–Crippen LogP) is 18.0. The minimum absolute atomic E-state index is 1.04. The summed E-state index contributed by atoms with van der Waals surface area (Å²) in [6.45, 7) is 19.2. The summed E-state index contributed by atoms with van der Waals surface area (Å²) in [4.78, 5) is 0. The van der Waals surface area contributed by atoms with E-state index in [2.05, 4.69) is 228 Å². The summed E-state index contributed by atoms with van der Waals surface area (Å²) < 4.78 is 7.20. The molecule has 3 heteroatoms. The third-order valence-electron chi connectivity index (χ3n) is 13.3. The summed E-state index contributed by atoms with van der Waals surface area (Å²) in [5, 5.41) is 8.75. The number of rotatable bonds is 7. The molecule has 0 amide bonds.